The van der Waals surface area contributed by atoms with E-state index in [1.807, 2.05) is 6.07 Å². The molecule has 0 spiro atoms. The van der Waals surface area contributed by atoms with Crippen molar-refractivity contribution < 1.29 is 33.3 Å². The van der Waals surface area contributed by atoms with E-state index in [4.69, 9.17) is 23.7 Å². The lowest BCUT2D eigenvalue weighted by molar-refractivity contribution is -0.153. The molecular weight excluding hydrogens is 366 g/mol. The lowest BCUT2D eigenvalue weighted by Crippen LogP contribution is -2.29. The highest BCUT2D eigenvalue weighted by molar-refractivity contribution is 5.93. The Morgan fingerprint density at radius 3 is 2.11 bits per heavy atom. The monoisotopic (exact) mass is 389 g/mol. The van der Waals surface area contributed by atoms with Crippen LogP contribution in [0.3, 0.4) is 0 Å². The summed E-state index contributed by atoms with van der Waals surface area (Å²) < 4.78 is 26.1. The molecule has 150 valence electrons. The van der Waals surface area contributed by atoms with Crippen molar-refractivity contribution in [2.24, 2.45) is 0 Å². The Hall–Kier alpha value is -3.42. The van der Waals surface area contributed by atoms with Gasteiger partial charge in [0.15, 0.2) is 24.2 Å². The first kappa shape index (κ1) is 20.9. The van der Waals surface area contributed by atoms with Gasteiger partial charge in [-0.2, -0.15) is 0 Å². The van der Waals surface area contributed by atoms with Gasteiger partial charge in [-0.3, -0.25) is 4.79 Å². The van der Waals surface area contributed by atoms with Gasteiger partial charge in [0.05, 0.1) is 21.3 Å². The predicted octanol–water partition coefficient (Wildman–Crippen LogP) is 2.66. The molecule has 28 heavy (non-hydrogen) atoms. The summed E-state index contributed by atoms with van der Waals surface area (Å²) in [5, 5.41) is 2.61. The van der Waals surface area contributed by atoms with Crippen molar-refractivity contribution in [2.45, 2.75) is 13.0 Å². The number of amides is 1. The maximum absolute atomic E-state index is 12.1. The quantitative estimate of drug-likeness (QED) is 0.659. The van der Waals surface area contributed by atoms with Crippen LogP contribution in [0.2, 0.25) is 0 Å². The molecule has 0 bridgehead atoms. The van der Waals surface area contributed by atoms with Gasteiger partial charge < -0.3 is 29.0 Å². The maximum atomic E-state index is 12.1. The average molecular weight is 389 g/mol. The summed E-state index contributed by atoms with van der Waals surface area (Å²) in [7, 11) is 4.42. The van der Waals surface area contributed by atoms with Crippen LogP contribution in [0.5, 0.6) is 23.0 Å². The van der Waals surface area contributed by atoms with E-state index in [2.05, 4.69) is 5.32 Å². The van der Waals surface area contributed by atoms with Crippen molar-refractivity contribution in [3.63, 3.8) is 0 Å². The van der Waals surface area contributed by atoms with Crippen LogP contribution in [0.25, 0.3) is 0 Å². The van der Waals surface area contributed by atoms with Gasteiger partial charge in [0, 0.05) is 17.8 Å². The summed E-state index contributed by atoms with van der Waals surface area (Å²) >= 11 is 0. The highest BCUT2D eigenvalue weighted by Crippen LogP contribution is 2.39. The summed E-state index contributed by atoms with van der Waals surface area (Å²) in [6.45, 7) is 1.09. The van der Waals surface area contributed by atoms with Gasteiger partial charge in [-0.15, -0.1) is 0 Å². The Balaban J connectivity index is 1.92. The van der Waals surface area contributed by atoms with E-state index >= 15 is 0 Å². The van der Waals surface area contributed by atoms with Crippen molar-refractivity contribution in [3.8, 4) is 23.0 Å². The van der Waals surface area contributed by atoms with Crippen LogP contribution >= 0.6 is 0 Å². The molecule has 1 atom stereocenters. The van der Waals surface area contributed by atoms with Crippen molar-refractivity contribution in [2.75, 3.05) is 33.3 Å². The van der Waals surface area contributed by atoms with Gasteiger partial charge in [0.1, 0.15) is 5.75 Å². The number of rotatable bonds is 9. The first-order valence-electron chi connectivity index (χ1n) is 8.46. The first-order chi connectivity index (χ1) is 13.5. The third-order valence-electron chi connectivity index (χ3n) is 3.68. The van der Waals surface area contributed by atoms with E-state index in [-0.39, 0.29) is 0 Å². The molecule has 0 radical (unpaired) electrons. The summed E-state index contributed by atoms with van der Waals surface area (Å²) in [6.07, 6.45) is -0.851. The molecule has 0 aromatic heterocycles. The van der Waals surface area contributed by atoms with Gasteiger partial charge in [0.25, 0.3) is 5.91 Å². The standard InChI is InChI=1S/C20H23NO7/c1-13(28-15-8-6-5-7-9-15)20(23)27-12-18(22)21-14-10-16(24-2)19(26-4)17(11-14)25-3/h5-11,13H,12H2,1-4H3,(H,21,22). The molecule has 0 saturated heterocycles. The van der Waals surface area contributed by atoms with Gasteiger partial charge in [-0.1, -0.05) is 18.2 Å². The zero-order valence-corrected chi connectivity index (χ0v) is 16.2. The normalized spacial score (nSPS) is 11.1. The SMILES string of the molecule is COc1cc(NC(=O)COC(=O)C(C)Oc2ccccc2)cc(OC)c1OC. The predicted molar refractivity (Wildman–Crippen MR) is 102 cm³/mol. The summed E-state index contributed by atoms with van der Waals surface area (Å²) in [5.74, 6) is 0.548. The second-order valence-corrected chi connectivity index (χ2v) is 5.64. The highest BCUT2D eigenvalue weighted by Gasteiger charge is 2.19. The number of esters is 1. The molecule has 8 heteroatoms. The highest BCUT2D eigenvalue weighted by atomic mass is 16.6. The van der Waals surface area contributed by atoms with Crippen molar-refractivity contribution in [1.82, 2.24) is 0 Å². The Kier molecular flexibility index (Phi) is 7.50. The van der Waals surface area contributed by atoms with E-state index in [0.717, 1.165) is 0 Å². The minimum atomic E-state index is -0.851. The van der Waals surface area contributed by atoms with Crippen LogP contribution in [0.4, 0.5) is 5.69 Å². The minimum absolute atomic E-state index is 0.388. The first-order valence-corrected chi connectivity index (χ1v) is 8.46. The average Bonchev–Trinajstić information content (AvgIpc) is 2.71. The molecule has 8 nitrogen and oxygen atoms in total. The molecule has 0 aliphatic rings. The summed E-state index contributed by atoms with van der Waals surface area (Å²) in [4.78, 5) is 24.1. The molecule has 0 fully saturated rings. The van der Waals surface area contributed by atoms with Crippen LogP contribution < -0.4 is 24.3 Å². The number of nitrogens with one attached hydrogen (secondary N) is 1. The fourth-order valence-corrected chi connectivity index (χ4v) is 2.36. The number of carbonyl (C=O) groups excluding carboxylic acids is 2. The molecule has 1 N–H and O–H groups in total. The van der Waals surface area contributed by atoms with E-state index in [1.165, 1.54) is 21.3 Å². The Labute approximate surface area is 163 Å². The van der Waals surface area contributed by atoms with Gasteiger partial charge >= 0.3 is 5.97 Å². The zero-order chi connectivity index (χ0) is 20.5. The van der Waals surface area contributed by atoms with Crippen LogP contribution in [-0.4, -0.2) is 45.9 Å². The number of benzene rings is 2. The number of para-hydroxylation sites is 1. The van der Waals surface area contributed by atoms with Crippen LogP contribution in [0, 0.1) is 0 Å². The topological polar surface area (TPSA) is 92.3 Å². The number of hydrogen-bond acceptors (Lipinski definition) is 7. The molecule has 2 aromatic rings. The molecule has 0 saturated carbocycles. The fraction of sp³-hybridized carbons (Fsp3) is 0.300. The molecule has 2 aromatic carbocycles. The number of methoxy groups -OCH3 is 3. The van der Waals surface area contributed by atoms with E-state index in [9.17, 15) is 9.59 Å². The van der Waals surface area contributed by atoms with Crippen LogP contribution in [-0.2, 0) is 14.3 Å². The third-order valence-corrected chi connectivity index (χ3v) is 3.68. The maximum Gasteiger partial charge on any atom is 0.347 e. The molecule has 0 heterocycles. The third kappa shape index (κ3) is 5.54. The zero-order valence-electron chi connectivity index (χ0n) is 16.2. The number of hydrogen-bond donors (Lipinski definition) is 1. The smallest absolute Gasteiger partial charge is 0.347 e. The van der Waals surface area contributed by atoms with Crippen LogP contribution in [0.15, 0.2) is 42.5 Å². The van der Waals surface area contributed by atoms with Crippen LogP contribution in [0.1, 0.15) is 6.92 Å². The van der Waals surface area contributed by atoms with Crippen molar-refractivity contribution in [3.05, 3.63) is 42.5 Å². The minimum Gasteiger partial charge on any atom is -0.493 e. The molecule has 1 amide bonds. The number of carbonyl (C=O) groups is 2. The fourth-order valence-electron chi connectivity index (χ4n) is 2.36. The summed E-state index contributed by atoms with van der Waals surface area (Å²) in [5.41, 5.74) is 0.407. The van der Waals surface area contributed by atoms with E-state index < -0.39 is 24.6 Å². The molecule has 0 aliphatic heterocycles. The number of anilines is 1. The summed E-state index contributed by atoms with van der Waals surface area (Å²) in [6, 6.07) is 12.0. The lowest BCUT2D eigenvalue weighted by Gasteiger charge is -2.15. The number of ether oxygens (including phenoxy) is 5. The van der Waals surface area contributed by atoms with E-state index in [1.54, 1.807) is 43.3 Å². The Bertz CT molecular complexity index is 782. The lowest BCUT2D eigenvalue weighted by atomic mass is 10.2. The Morgan fingerprint density at radius 1 is 0.964 bits per heavy atom. The van der Waals surface area contributed by atoms with Crippen molar-refractivity contribution >= 4 is 17.6 Å². The van der Waals surface area contributed by atoms with Gasteiger partial charge in [-0.05, 0) is 19.1 Å². The second kappa shape index (κ2) is 10.1. The second-order valence-electron chi connectivity index (χ2n) is 5.64. The van der Waals surface area contributed by atoms with Gasteiger partial charge in [0.2, 0.25) is 5.75 Å². The van der Waals surface area contributed by atoms with Crippen molar-refractivity contribution in [1.29, 1.82) is 0 Å². The molecule has 2 rings (SSSR count). The largest absolute Gasteiger partial charge is 0.493 e. The molecular formula is C20H23NO7. The van der Waals surface area contributed by atoms with Gasteiger partial charge in [-0.25, -0.2) is 4.79 Å². The molecule has 1 unspecified atom stereocenters. The van der Waals surface area contributed by atoms with E-state index in [0.29, 0.717) is 28.7 Å². The Morgan fingerprint density at radius 2 is 1.57 bits per heavy atom. The molecule has 0 aliphatic carbocycles.